The summed E-state index contributed by atoms with van der Waals surface area (Å²) < 4.78 is 2.11. The predicted molar refractivity (Wildman–Crippen MR) is 78.5 cm³/mol. The fourth-order valence-corrected chi connectivity index (χ4v) is 2.50. The maximum atomic E-state index is 11.8. The molecule has 0 aliphatic carbocycles. The van der Waals surface area contributed by atoms with Crippen molar-refractivity contribution in [3.63, 3.8) is 0 Å². The zero-order chi connectivity index (χ0) is 14.4. The van der Waals surface area contributed by atoms with Crippen LogP contribution in [0.25, 0.3) is 0 Å². The Hall–Kier alpha value is -1.73. The number of hydrogen-bond donors (Lipinski definition) is 2. The fourth-order valence-electron chi connectivity index (χ4n) is 1.85. The molecule has 0 aromatic carbocycles. The summed E-state index contributed by atoms with van der Waals surface area (Å²) in [6.07, 6.45) is 5.70. The molecule has 1 amide bonds. The highest BCUT2D eigenvalue weighted by Gasteiger charge is 2.09. The number of aromatic nitrogens is 3. The number of nitrogens with two attached hydrogens (primary N) is 1. The van der Waals surface area contributed by atoms with E-state index in [4.69, 9.17) is 5.73 Å². The van der Waals surface area contributed by atoms with Crippen molar-refractivity contribution in [2.75, 3.05) is 6.54 Å². The van der Waals surface area contributed by atoms with Crippen molar-refractivity contribution in [2.45, 2.75) is 32.9 Å². The molecule has 0 bridgehead atoms. The van der Waals surface area contributed by atoms with Crippen LogP contribution in [0, 0.1) is 6.92 Å². The molecule has 2 heterocycles. The number of thiazole rings is 1. The molecule has 0 radical (unpaired) electrons. The number of carbonyl (C=O) groups excluding carboxylic acids is 1. The molecule has 0 saturated heterocycles. The molecule has 0 atom stereocenters. The molecule has 0 fully saturated rings. The van der Waals surface area contributed by atoms with Gasteiger partial charge in [-0.1, -0.05) is 0 Å². The van der Waals surface area contributed by atoms with E-state index < -0.39 is 0 Å². The molecule has 0 aliphatic rings. The Bertz CT molecular complexity index is 563. The normalized spacial score (nSPS) is 10.7. The summed E-state index contributed by atoms with van der Waals surface area (Å²) in [6.45, 7) is 3.94. The smallest absolute Gasteiger partial charge is 0.270 e. The second-order valence-corrected chi connectivity index (χ2v) is 5.40. The van der Waals surface area contributed by atoms with E-state index in [1.807, 2.05) is 13.1 Å². The van der Waals surface area contributed by atoms with Gasteiger partial charge in [-0.25, -0.2) is 9.97 Å². The average Bonchev–Trinajstić information content (AvgIpc) is 3.07. The van der Waals surface area contributed by atoms with Crippen LogP contribution in [0.1, 0.15) is 34.2 Å². The van der Waals surface area contributed by atoms with E-state index in [1.54, 1.807) is 11.6 Å². The van der Waals surface area contributed by atoms with E-state index in [9.17, 15) is 4.79 Å². The lowest BCUT2D eigenvalue weighted by molar-refractivity contribution is 0.0948. The summed E-state index contributed by atoms with van der Waals surface area (Å²) in [7, 11) is 0. The Morgan fingerprint density at radius 2 is 2.35 bits per heavy atom. The molecule has 2 aromatic heterocycles. The molecule has 7 heteroatoms. The minimum absolute atomic E-state index is 0.125. The zero-order valence-electron chi connectivity index (χ0n) is 11.5. The van der Waals surface area contributed by atoms with Crippen molar-refractivity contribution < 1.29 is 4.79 Å². The van der Waals surface area contributed by atoms with Crippen molar-refractivity contribution in [3.05, 3.63) is 34.3 Å². The van der Waals surface area contributed by atoms with Crippen molar-refractivity contribution in [3.8, 4) is 0 Å². The van der Waals surface area contributed by atoms with Crippen LogP contribution >= 0.6 is 11.3 Å². The molecule has 0 unspecified atom stereocenters. The molecule has 108 valence electrons. The molecule has 20 heavy (non-hydrogen) atoms. The molecule has 6 nitrogen and oxygen atoms in total. The van der Waals surface area contributed by atoms with Crippen LogP contribution in [-0.4, -0.2) is 27.0 Å². The lowest BCUT2D eigenvalue weighted by Crippen LogP contribution is -2.25. The molecule has 2 aromatic rings. The number of hydrogen-bond acceptors (Lipinski definition) is 5. The van der Waals surface area contributed by atoms with Crippen LogP contribution in [-0.2, 0) is 13.1 Å². The Balaban J connectivity index is 1.66. The van der Waals surface area contributed by atoms with Gasteiger partial charge >= 0.3 is 0 Å². The van der Waals surface area contributed by atoms with Crippen LogP contribution in [0.2, 0.25) is 0 Å². The quantitative estimate of drug-likeness (QED) is 0.754. The van der Waals surface area contributed by atoms with Gasteiger partial charge in [-0.2, -0.15) is 0 Å². The minimum Gasteiger partial charge on any atom is -0.351 e. The highest BCUT2D eigenvalue weighted by Crippen LogP contribution is 2.08. The lowest BCUT2D eigenvalue weighted by atomic mass is 10.3. The second-order valence-electron chi connectivity index (χ2n) is 4.46. The molecule has 0 aliphatic heterocycles. The standard InChI is InChI=1S/C13H19N5OS/c1-10-15-5-7-18(10)6-3-2-4-16-13(19)11-9-20-12(8-14)17-11/h5,7,9H,2-4,6,8,14H2,1H3,(H,16,19). The van der Waals surface area contributed by atoms with Crippen molar-refractivity contribution in [1.29, 1.82) is 0 Å². The third-order valence-electron chi connectivity index (χ3n) is 2.99. The van der Waals surface area contributed by atoms with Crippen LogP contribution in [0.5, 0.6) is 0 Å². The molecule has 0 spiro atoms. The third kappa shape index (κ3) is 3.88. The number of carbonyl (C=O) groups is 1. The second kappa shape index (κ2) is 7.16. The molecule has 2 rings (SSSR count). The number of imidazole rings is 1. The van der Waals surface area contributed by atoms with E-state index in [2.05, 4.69) is 19.9 Å². The first-order chi connectivity index (χ1) is 9.70. The van der Waals surface area contributed by atoms with Crippen LogP contribution in [0.3, 0.4) is 0 Å². The molecular formula is C13H19N5OS. The predicted octanol–water partition coefficient (Wildman–Crippen LogP) is 1.32. The molecule has 3 N–H and O–H groups in total. The van der Waals surface area contributed by atoms with Gasteiger partial charge in [0.05, 0.1) is 0 Å². The van der Waals surface area contributed by atoms with Gasteiger partial charge in [0.2, 0.25) is 0 Å². The molecular weight excluding hydrogens is 274 g/mol. The number of rotatable bonds is 7. The first-order valence-electron chi connectivity index (χ1n) is 6.61. The van der Waals surface area contributed by atoms with Gasteiger partial charge in [0.1, 0.15) is 16.5 Å². The SMILES string of the molecule is Cc1nccn1CCCCNC(=O)c1csc(CN)n1. The van der Waals surface area contributed by atoms with E-state index in [-0.39, 0.29) is 5.91 Å². The summed E-state index contributed by atoms with van der Waals surface area (Å²) in [5.41, 5.74) is 5.93. The summed E-state index contributed by atoms with van der Waals surface area (Å²) in [6, 6.07) is 0. The lowest BCUT2D eigenvalue weighted by Gasteiger charge is -2.05. The van der Waals surface area contributed by atoms with Gasteiger partial charge in [-0.15, -0.1) is 11.3 Å². The maximum Gasteiger partial charge on any atom is 0.270 e. The van der Waals surface area contributed by atoms with Crippen molar-refractivity contribution in [1.82, 2.24) is 19.9 Å². The highest BCUT2D eigenvalue weighted by atomic mass is 32.1. The monoisotopic (exact) mass is 293 g/mol. The van der Waals surface area contributed by atoms with Crippen LogP contribution in [0.4, 0.5) is 0 Å². The third-order valence-corrected chi connectivity index (χ3v) is 3.87. The topological polar surface area (TPSA) is 85.8 Å². The Morgan fingerprint density at radius 1 is 1.50 bits per heavy atom. The number of amides is 1. The van der Waals surface area contributed by atoms with Gasteiger partial charge in [0.25, 0.3) is 5.91 Å². The van der Waals surface area contributed by atoms with E-state index in [1.165, 1.54) is 11.3 Å². The van der Waals surface area contributed by atoms with Gasteiger partial charge in [-0.05, 0) is 19.8 Å². The van der Waals surface area contributed by atoms with E-state index in [0.717, 1.165) is 30.2 Å². The first kappa shape index (κ1) is 14.7. The van der Waals surface area contributed by atoms with Crippen molar-refractivity contribution in [2.24, 2.45) is 5.73 Å². The van der Waals surface area contributed by atoms with Gasteiger partial charge in [0.15, 0.2) is 0 Å². The summed E-state index contributed by atoms with van der Waals surface area (Å²) in [5.74, 6) is 0.894. The van der Waals surface area contributed by atoms with E-state index in [0.29, 0.717) is 18.8 Å². The van der Waals surface area contributed by atoms with Gasteiger partial charge < -0.3 is 15.6 Å². The van der Waals surface area contributed by atoms with Gasteiger partial charge in [0, 0.05) is 37.4 Å². The average molecular weight is 293 g/mol. The largest absolute Gasteiger partial charge is 0.351 e. The Morgan fingerprint density at radius 3 is 3.00 bits per heavy atom. The van der Waals surface area contributed by atoms with Crippen LogP contribution in [0.15, 0.2) is 17.8 Å². The van der Waals surface area contributed by atoms with E-state index >= 15 is 0 Å². The van der Waals surface area contributed by atoms with Crippen molar-refractivity contribution >= 4 is 17.2 Å². The first-order valence-corrected chi connectivity index (χ1v) is 7.49. The number of nitrogens with zero attached hydrogens (tertiary/aromatic N) is 3. The zero-order valence-corrected chi connectivity index (χ0v) is 12.3. The highest BCUT2D eigenvalue weighted by molar-refractivity contribution is 7.09. The number of nitrogens with one attached hydrogen (secondary N) is 1. The fraction of sp³-hybridized carbons (Fsp3) is 0.462. The Kier molecular flexibility index (Phi) is 5.25. The minimum atomic E-state index is -0.125. The number of aryl methyl sites for hydroxylation is 2. The Labute approximate surface area is 122 Å². The maximum absolute atomic E-state index is 11.8. The van der Waals surface area contributed by atoms with Crippen LogP contribution < -0.4 is 11.1 Å². The van der Waals surface area contributed by atoms with Gasteiger partial charge in [-0.3, -0.25) is 4.79 Å². The molecule has 0 saturated carbocycles. The number of unbranched alkanes of at least 4 members (excludes halogenated alkanes) is 1. The summed E-state index contributed by atoms with van der Waals surface area (Å²) in [5, 5.41) is 5.40. The summed E-state index contributed by atoms with van der Waals surface area (Å²) in [4.78, 5) is 20.1. The summed E-state index contributed by atoms with van der Waals surface area (Å²) >= 11 is 1.41.